The minimum absolute atomic E-state index is 0.284. The normalized spacial score (nSPS) is 16.0. The highest BCUT2D eigenvalue weighted by Gasteiger charge is 2.27. The SMILES string of the molecule is CCCn1c(CSc2nncs2)nc2cc(S(=O)(=O)N3CCOCC3)ccc21. The van der Waals surface area contributed by atoms with Gasteiger partial charge in [0.25, 0.3) is 0 Å². The summed E-state index contributed by atoms with van der Waals surface area (Å²) in [6.07, 6.45) is 0.968. The molecule has 0 N–H and O–H groups in total. The highest BCUT2D eigenvalue weighted by atomic mass is 32.2. The lowest BCUT2D eigenvalue weighted by atomic mass is 10.3. The molecule has 4 rings (SSSR count). The largest absolute Gasteiger partial charge is 0.379 e. The third-order valence-electron chi connectivity index (χ3n) is 4.52. The van der Waals surface area contributed by atoms with Crippen LogP contribution in [0.2, 0.25) is 0 Å². The van der Waals surface area contributed by atoms with Gasteiger partial charge in [0.1, 0.15) is 11.3 Å². The van der Waals surface area contributed by atoms with Gasteiger partial charge in [-0.15, -0.1) is 10.2 Å². The number of hydrogen-bond acceptors (Lipinski definition) is 8. The molecule has 1 saturated heterocycles. The Morgan fingerprint density at radius 3 is 2.82 bits per heavy atom. The Hall–Kier alpha value is -1.53. The molecule has 1 fully saturated rings. The predicted octanol–water partition coefficient (Wildman–Crippen LogP) is 2.61. The molecule has 0 spiro atoms. The van der Waals surface area contributed by atoms with Gasteiger partial charge in [-0.2, -0.15) is 4.31 Å². The van der Waals surface area contributed by atoms with Crippen LogP contribution in [0, 0.1) is 0 Å². The Kier molecular flexibility index (Phi) is 5.97. The molecule has 11 heteroatoms. The first kappa shape index (κ1) is 19.8. The summed E-state index contributed by atoms with van der Waals surface area (Å²) in [7, 11) is -3.53. The highest BCUT2D eigenvalue weighted by molar-refractivity contribution is 8.00. The molecular weight excluding hydrogens is 418 g/mol. The lowest BCUT2D eigenvalue weighted by Gasteiger charge is -2.26. The van der Waals surface area contributed by atoms with Crippen molar-refractivity contribution in [1.82, 2.24) is 24.1 Å². The lowest BCUT2D eigenvalue weighted by Crippen LogP contribution is -2.40. The van der Waals surface area contributed by atoms with Crippen LogP contribution in [0.3, 0.4) is 0 Å². The summed E-state index contributed by atoms with van der Waals surface area (Å²) in [6.45, 7) is 4.57. The van der Waals surface area contributed by atoms with E-state index < -0.39 is 10.0 Å². The summed E-state index contributed by atoms with van der Waals surface area (Å²) in [5.41, 5.74) is 3.37. The molecule has 0 aliphatic carbocycles. The fourth-order valence-corrected chi connectivity index (χ4v) is 6.05. The Morgan fingerprint density at radius 2 is 2.11 bits per heavy atom. The molecule has 1 aliphatic heterocycles. The molecule has 0 saturated carbocycles. The molecule has 8 nitrogen and oxygen atoms in total. The zero-order chi connectivity index (χ0) is 19.6. The quantitative estimate of drug-likeness (QED) is 0.523. The molecule has 0 unspecified atom stereocenters. The number of ether oxygens (including phenoxy) is 1. The number of sulfonamides is 1. The van der Waals surface area contributed by atoms with E-state index in [1.807, 2.05) is 6.07 Å². The van der Waals surface area contributed by atoms with Gasteiger partial charge in [0.15, 0.2) is 4.34 Å². The standard InChI is InChI=1S/C17H21N5O3S3/c1-2-5-22-15-4-3-13(28(23,24)21-6-8-25-9-7-21)10-14(15)19-16(22)11-26-17-20-18-12-27-17/h3-4,10,12H,2,5-9,11H2,1H3. The van der Waals surface area contributed by atoms with E-state index in [1.165, 1.54) is 15.6 Å². The van der Waals surface area contributed by atoms with Crippen molar-refractivity contribution in [3.63, 3.8) is 0 Å². The predicted molar refractivity (Wildman–Crippen MR) is 109 cm³/mol. The fraction of sp³-hybridized carbons (Fsp3) is 0.471. The van der Waals surface area contributed by atoms with E-state index in [0.717, 1.165) is 28.6 Å². The molecule has 0 radical (unpaired) electrons. The zero-order valence-electron chi connectivity index (χ0n) is 15.4. The number of nitrogens with zero attached hydrogens (tertiary/aromatic N) is 5. The van der Waals surface area contributed by atoms with Crippen LogP contribution in [0.5, 0.6) is 0 Å². The molecule has 0 amide bonds. The van der Waals surface area contributed by atoms with Gasteiger partial charge in [0, 0.05) is 19.6 Å². The summed E-state index contributed by atoms with van der Waals surface area (Å²) in [5.74, 6) is 1.58. The average Bonchev–Trinajstić information content (AvgIpc) is 3.35. The number of rotatable bonds is 7. The van der Waals surface area contributed by atoms with Gasteiger partial charge in [0.2, 0.25) is 10.0 Å². The van der Waals surface area contributed by atoms with E-state index >= 15 is 0 Å². The van der Waals surface area contributed by atoms with Gasteiger partial charge in [0.05, 0.1) is 34.9 Å². The second kappa shape index (κ2) is 8.46. The maximum Gasteiger partial charge on any atom is 0.243 e. The van der Waals surface area contributed by atoms with E-state index in [4.69, 9.17) is 9.72 Å². The monoisotopic (exact) mass is 439 g/mol. The average molecular weight is 440 g/mol. The smallest absolute Gasteiger partial charge is 0.243 e. The van der Waals surface area contributed by atoms with Crippen molar-refractivity contribution in [3.05, 3.63) is 29.5 Å². The summed E-state index contributed by atoms with van der Waals surface area (Å²) in [6, 6.07) is 5.23. The number of fused-ring (bicyclic) bond motifs is 1. The number of imidazole rings is 1. The molecule has 3 aromatic rings. The second-order valence-corrected chi connectivity index (χ2v) is 10.3. The van der Waals surface area contributed by atoms with Crippen molar-refractivity contribution in [2.24, 2.45) is 0 Å². The number of benzene rings is 1. The van der Waals surface area contributed by atoms with Gasteiger partial charge in [-0.25, -0.2) is 13.4 Å². The molecular formula is C17H21N5O3S3. The maximum absolute atomic E-state index is 12.9. The Bertz CT molecular complexity index is 1040. The number of aryl methyl sites for hydroxylation is 1. The molecule has 1 aromatic carbocycles. The van der Waals surface area contributed by atoms with E-state index in [0.29, 0.717) is 37.6 Å². The van der Waals surface area contributed by atoms with Crippen molar-refractivity contribution in [1.29, 1.82) is 0 Å². The maximum atomic E-state index is 12.9. The molecule has 0 atom stereocenters. The Balaban J connectivity index is 1.66. The number of hydrogen-bond donors (Lipinski definition) is 0. The Morgan fingerprint density at radius 1 is 1.29 bits per heavy atom. The molecule has 1 aliphatic rings. The van der Waals surface area contributed by atoms with E-state index in [1.54, 1.807) is 29.4 Å². The van der Waals surface area contributed by atoms with Crippen molar-refractivity contribution >= 4 is 44.2 Å². The van der Waals surface area contributed by atoms with Gasteiger partial charge in [-0.05, 0) is 24.6 Å². The van der Waals surface area contributed by atoms with Gasteiger partial charge < -0.3 is 9.30 Å². The van der Waals surface area contributed by atoms with Crippen LogP contribution in [0.25, 0.3) is 11.0 Å². The van der Waals surface area contributed by atoms with Crippen LogP contribution < -0.4 is 0 Å². The van der Waals surface area contributed by atoms with Crippen molar-refractivity contribution in [3.8, 4) is 0 Å². The molecule has 0 bridgehead atoms. The van der Waals surface area contributed by atoms with Gasteiger partial charge >= 0.3 is 0 Å². The van der Waals surface area contributed by atoms with Crippen molar-refractivity contribution < 1.29 is 13.2 Å². The number of morpholine rings is 1. The van der Waals surface area contributed by atoms with Gasteiger partial charge in [-0.3, -0.25) is 0 Å². The fourth-order valence-electron chi connectivity index (χ4n) is 3.19. The lowest BCUT2D eigenvalue weighted by molar-refractivity contribution is 0.0730. The Labute approximate surface area is 172 Å². The van der Waals surface area contributed by atoms with E-state index in [9.17, 15) is 8.42 Å². The van der Waals surface area contributed by atoms with E-state index in [2.05, 4.69) is 21.7 Å². The topological polar surface area (TPSA) is 90.2 Å². The third-order valence-corrected chi connectivity index (χ3v) is 8.27. The zero-order valence-corrected chi connectivity index (χ0v) is 17.9. The number of thioether (sulfide) groups is 1. The molecule has 2 aromatic heterocycles. The third kappa shape index (κ3) is 3.94. The molecule has 150 valence electrons. The first-order valence-corrected chi connectivity index (χ1v) is 12.4. The second-order valence-electron chi connectivity index (χ2n) is 6.34. The van der Waals surface area contributed by atoms with Crippen LogP contribution in [0.4, 0.5) is 0 Å². The van der Waals surface area contributed by atoms with Crippen LogP contribution in [0.15, 0.2) is 32.9 Å². The number of aromatic nitrogens is 4. The summed E-state index contributed by atoms with van der Waals surface area (Å²) >= 11 is 3.09. The first-order chi connectivity index (χ1) is 13.6. The highest BCUT2D eigenvalue weighted by Crippen LogP contribution is 2.28. The van der Waals surface area contributed by atoms with Crippen LogP contribution in [-0.4, -0.2) is 58.8 Å². The molecule has 28 heavy (non-hydrogen) atoms. The summed E-state index contributed by atoms with van der Waals surface area (Å²) in [5, 5.41) is 7.92. The summed E-state index contributed by atoms with van der Waals surface area (Å²) in [4.78, 5) is 5.02. The minimum Gasteiger partial charge on any atom is -0.379 e. The van der Waals surface area contributed by atoms with Crippen LogP contribution >= 0.6 is 23.1 Å². The molecule has 3 heterocycles. The van der Waals surface area contributed by atoms with Crippen molar-refractivity contribution in [2.75, 3.05) is 26.3 Å². The van der Waals surface area contributed by atoms with Crippen molar-refractivity contribution in [2.45, 2.75) is 34.9 Å². The summed E-state index contributed by atoms with van der Waals surface area (Å²) < 4.78 is 35.7. The van der Waals surface area contributed by atoms with Crippen LogP contribution in [-0.2, 0) is 27.1 Å². The van der Waals surface area contributed by atoms with Gasteiger partial charge in [-0.1, -0.05) is 30.0 Å². The minimum atomic E-state index is -3.53. The first-order valence-electron chi connectivity index (χ1n) is 9.05. The van der Waals surface area contributed by atoms with E-state index in [-0.39, 0.29) is 4.90 Å². The van der Waals surface area contributed by atoms with Crippen LogP contribution in [0.1, 0.15) is 19.2 Å².